The summed E-state index contributed by atoms with van der Waals surface area (Å²) in [6.07, 6.45) is 1.62. The zero-order valence-corrected chi connectivity index (χ0v) is 16.3. The van der Waals surface area contributed by atoms with Crippen molar-refractivity contribution in [3.05, 3.63) is 72.1 Å². The number of carbonyl (C=O) groups excluding carboxylic acids is 1. The van der Waals surface area contributed by atoms with E-state index in [0.29, 0.717) is 12.2 Å². The topological polar surface area (TPSA) is 75.7 Å². The summed E-state index contributed by atoms with van der Waals surface area (Å²) in [6.45, 7) is 0.848. The van der Waals surface area contributed by atoms with Crippen molar-refractivity contribution >= 4 is 23.0 Å². The number of hydrogen-bond acceptors (Lipinski definition) is 6. The Kier molecular flexibility index (Phi) is 5.20. The highest BCUT2D eigenvalue weighted by atomic mass is 16.7. The van der Waals surface area contributed by atoms with Gasteiger partial charge in [-0.25, -0.2) is 0 Å². The number of ether oxygens (including phenoxy) is 2. The molecule has 1 aliphatic rings. The van der Waals surface area contributed by atoms with Gasteiger partial charge in [0.25, 0.3) is 5.91 Å². The van der Waals surface area contributed by atoms with Gasteiger partial charge in [-0.3, -0.25) is 9.78 Å². The maximum atomic E-state index is 12.5. The zero-order valence-electron chi connectivity index (χ0n) is 16.3. The van der Waals surface area contributed by atoms with Crippen LogP contribution in [0.5, 0.6) is 11.5 Å². The van der Waals surface area contributed by atoms with Crippen molar-refractivity contribution in [1.82, 2.24) is 4.98 Å². The fraction of sp³-hybridized carbons (Fsp3) is 0.182. The molecular weight excluding hydrogens is 368 g/mol. The van der Waals surface area contributed by atoms with Crippen molar-refractivity contribution in [3.8, 4) is 11.5 Å². The Morgan fingerprint density at radius 1 is 1.00 bits per heavy atom. The van der Waals surface area contributed by atoms with Crippen molar-refractivity contribution in [2.75, 3.05) is 36.4 Å². The molecule has 7 nitrogen and oxygen atoms in total. The predicted octanol–water partition coefficient (Wildman–Crippen LogP) is 3.74. The lowest BCUT2D eigenvalue weighted by Crippen LogP contribution is -2.14. The van der Waals surface area contributed by atoms with Crippen LogP contribution >= 0.6 is 0 Å². The first-order valence-electron chi connectivity index (χ1n) is 9.26. The minimum atomic E-state index is -0.255. The number of rotatable bonds is 6. The van der Waals surface area contributed by atoms with E-state index in [1.807, 2.05) is 67.5 Å². The highest BCUT2D eigenvalue weighted by molar-refractivity contribution is 6.03. The fourth-order valence-corrected chi connectivity index (χ4v) is 2.96. The first-order chi connectivity index (χ1) is 14.1. The Morgan fingerprint density at radius 3 is 2.59 bits per heavy atom. The van der Waals surface area contributed by atoms with E-state index in [-0.39, 0.29) is 12.7 Å². The highest BCUT2D eigenvalue weighted by Crippen LogP contribution is 2.32. The Labute approximate surface area is 169 Å². The largest absolute Gasteiger partial charge is 0.454 e. The van der Waals surface area contributed by atoms with Crippen LogP contribution in [-0.4, -0.2) is 31.8 Å². The number of nitrogens with zero attached hydrogens (tertiary/aromatic N) is 2. The second kappa shape index (κ2) is 8.10. The number of hydrogen-bond donors (Lipinski definition) is 2. The van der Waals surface area contributed by atoms with Gasteiger partial charge in [0.1, 0.15) is 5.69 Å². The van der Waals surface area contributed by atoms with Gasteiger partial charge >= 0.3 is 0 Å². The quantitative estimate of drug-likeness (QED) is 0.668. The third-order valence-corrected chi connectivity index (χ3v) is 4.57. The molecule has 0 fully saturated rings. The lowest BCUT2D eigenvalue weighted by Gasteiger charge is -2.13. The molecule has 0 spiro atoms. The molecule has 0 unspecified atom stereocenters. The Morgan fingerprint density at radius 2 is 1.79 bits per heavy atom. The molecule has 0 atom stereocenters. The third-order valence-electron chi connectivity index (χ3n) is 4.57. The maximum Gasteiger partial charge on any atom is 0.274 e. The minimum absolute atomic E-state index is 0.255. The molecular formula is C22H22N4O3. The van der Waals surface area contributed by atoms with Crippen LogP contribution in [0.1, 0.15) is 16.1 Å². The lowest BCUT2D eigenvalue weighted by atomic mass is 10.2. The van der Waals surface area contributed by atoms with Gasteiger partial charge in [-0.15, -0.1) is 0 Å². The summed E-state index contributed by atoms with van der Waals surface area (Å²) in [5.41, 5.74) is 4.00. The molecule has 1 amide bonds. The van der Waals surface area contributed by atoms with Crippen LogP contribution in [0.3, 0.4) is 0 Å². The van der Waals surface area contributed by atoms with Crippen molar-refractivity contribution in [3.63, 3.8) is 0 Å². The maximum absolute atomic E-state index is 12.5. The molecule has 0 saturated carbocycles. The summed E-state index contributed by atoms with van der Waals surface area (Å²) in [6, 6.07) is 17.0. The van der Waals surface area contributed by atoms with Gasteiger partial charge in [0.15, 0.2) is 11.5 Å². The number of anilines is 3. The highest BCUT2D eigenvalue weighted by Gasteiger charge is 2.13. The summed E-state index contributed by atoms with van der Waals surface area (Å²) in [5.74, 6) is 1.25. The van der Waals surface area contributed by atoms with Gasteiger partial charge < -0.3 is 25.0 Å². The molecule has 1 aromatic heterocycles. The fourth-order valence-electron chi connectivity index (χ4n) is 2.96. The number of pyridine rings is 1. The molecule has 7 heteroatoms. The average molecular weight is 390 g/mol. The van der Waals surface area contributed by atoms with E-state index in [2.05, 4.69) is 15.6 Å². The van der Waals surface area contributed by atoms with Crippen LogP contribution < -0.4 is 25.0 Å². The third kappa shape index (κ3) is 4.40. The Hall–Kier alpha value is -3.74. The van der Waals surface area contributed by atoms with Crippen LogP contribution in [0.2, 0.25) is 0 Å². The summed E-state index contributed by atoms with van der Waals surface area (Å²) in [4.78, 5) is 18.7. The van der Waals surface area contributed by atoms with E-state index in [1.54, 1.807) is 12.3 Å². The number of fused-ring (bicyclic) bond motifs is 1. The SMILES string of the molecule is CN(C)c1ccc(NC(=O)c2cc(NCc3ccc4c(c3)OCO4)ccn2)cc1. The van der Waals surface area contributed by atoms with Gasteiger partial charge in [0.05, 0.1) is 0 Å². The molecule has 0 aliphatic carbocycles. The van der Waals surface area contributed by atoms with E-state index >= 15 is 0 Å². The van der Waals surface area contributed by atoms with Crippen LogP contribution in [0.15, 0.2) is 60.8 Å². The van der Waals surface area contributed by atoms with Crippen LogP contribution in [0, 0.1) is 0 Å². The van der Waals surface area contributed by atoms with E-state index in [4.69, 9.17) is 9.47 Å². The first-order valence-corrected chi connectivity index (χ1v) is 9.26. The molecule has 148 valence electrons. The van der Waals surface area contributed by atoms with Crippen LogP contribution in [0.25, 0.3) is 0 Å². The lowest BCUT2D eigenvalue weighted by molar-refractivity contribution is 0.102. The standard InChI is InChI=1S/C22H22N4O3/c1-26(2)18-6-4-16(5-7-18)25-22(27)19-12-17(9-10-23-19)24-13-15-3-8-20-21(11-15)29-14-28-20/h3-12H,13-14H2,1-2H3,(H,23,24)(H,25,27). The monoisotopic (exact) mass is 390 g/mol. The molecule has 1 aliphatic heterocycles. The predicted molar refractivity (Wildman–Crippen MR) is 113 cm³/mol. The molecule has 3 aromatic rings. The number of benzene rings is 2. The molecule has 0 saturated heterocycles. The van der Waals surface area contributed by atoms with Gasteiger partial charge in [0, 0.05) is 43.9 Å². The molecule has 4 rings (SSSR count). The van der Waals surface area contributed by atoms with Gasteiger partial charge in [-0.05, 0) is 54.1 Å². The second-order valence-corrected chi connectivity index (χ2v) is 6.87. The van der Waals surface area contributed by atoms with Crippen molar-refractivity contribution < 1.29 is 14.3 Å². The Bertz CT molecular complexity index is 1020. The number of carbonyl (C=O) groups is 1. The van der Waals surface area contributed by atoms with E-state index in [0.717, 1.165) is 34.1 Å². The molecule has 29 heavy (non-hydrogen) atoms. The minimum Gasteiger partial charge on any atom is -0.454 e. The normalized spacial score (nSPS) is 11.8. The zero-order chi connectivity index (χ0) is 20.2. The summed E-state index contributed by atoms with van der Waals surface area (Å²) in [5, 5.41) is 6.18. The molecule has 2 heterocycles. The number of amides is 1. The smallest absolute Gasteiger partial charge is 0.274 e. The van der Waals surface area contributed by atoms with Crippen LogP contribution in [-0.2, 0) is 6.54 Å². The van der Waals surface area contributed by atoms with Gasteiger partial charge in [-0.1, -0.05) is 6.07 Å². The van der Waals surface area contributed by atoms with Crippen LogP contribution in [0.4, 0.5) is 17.1 Å². The second-order valence-electron chi connectivity index (χ2n) is 6.87. The van der Waals surface area contributed by atoms with Gasteiger partial charge in [0.2, 0.25) is 6.79 Å². The molecule has 0 bridgehead atoms. The molecule has 0 radical (unpaired) electrons. The number of aromatic nitrogens is 1. The molecule has 2 N–H and O–H groups in total. The average Bonchev–Trinajstić information content (AvgIpc) is 3.21. The summed E-state index contributed by atoms with van der Waals surface area (Å²) < 4.78 is 10.7. The van der Waals surface area contributed by atoms with E-state index in [9.17, 15) is 4.79 Å². The summed E-state index contributed by atoms with van der Waals surface area (Å²) >= 11 is 0. The number of nitrogens with one attached hydrogen (secondary N) is 2. The first kappa shape index (κ1) is 18.6. The van der Waals surface area contributed by atoms with Crippen molar-refractivity contribution in [2.45, 2.75) is 6.54 Å². The van der Waals surface area contributed by atoms with Gasteiger partial charge in [-0.2, -0.15) is 0 Å². The molecule has 2 aromatic carbocycles. The Balaban J connectivity index is 1.39. The van der Waals surface area contributed by atoms with E-state index < -0.39 is 0 Å². The van der Waals surface area contributed by atoms with Crippen molar-refractivity contribution in [2.24, 2.45) is 0 Å². The van der Waals surface area contributed by atoms with Crippen molar-refractivity contribution in [1.29, 1.82) is 0 Å². The van der Waals surface area contributed by atoms with E-state index in [1.165, 1.54) is 0 Å². The summed E-state index contributed by atoms with van der Waals surface area (Å²) in [7, 11) is 3.94.